The monoisotopic (exact) mass is 774 g/mol. The lowest BCUT2D eigenvalue weighted by Gasteiger charge is -2.30. The fourth-order valence-electron chi connectivity index (χ4n) is 6.30. The molecule has 1 fully saturated rings. The van der Waals surface area contributed by atoms with Crippen LogP contribution < -0.4 is 32.3 Å². The predicted octanol–water partition coefficient (Wildman–Crippen LogP) is -2.34. The summed E-state index contributed by atoms with van der Waals surface area (Å²) in [4.78, 5) is 97.8. The maximum atomic E-state index is 14.2. The lowest BCUT2D eigenvalue weighted by molar-refractivity contribution is -0.141. The van der Waals surface area contributed by atoms with Crippen molar-refractivity contribution in [3.63, 3.8) is 0 Å². The highest BCUT2D eigenvalue weighted by atomic mass is 32.2. The predicted molar refractivity (Wildman–Crippen MR) is 196 cm³/mol. The van der Waals surface area contributed by atoms with E-state index < -0.39 is 96.4 Å². The number of H-pyrrole nitrogens is 1. The molecule has 0 unspecified atom stereocenters. The molecule has 4 rings (SSSR count). The van der Waals surface area contributed by atoms with E-state index in [9.17, 15) is 48.9 Å². The standard InChI is InChI=1S/C35H50N8O10S/c1-5-8-27(46)39-25-15-54-33-21(20-9-6-7-10-22(20)42-33)12-23(30(49)41-24(13-35(4,53)16-44)31(50)37-17(2)28(36)47)40-29(48)18(3)38-32(51)26-11-19(45)14-43(26)34(25)52/h6-7,9-10,17-19,23-26,42,44-45,53H,5,8,11-16H2,1-4H3,(H2,36,47)(H,37,50)(H,38,51)(H,39,46)(H,40,48)(H,41,49)/t17-,18+,19-,23+,24+,25-,26+,35-/m1/s1. The average Bonchev–Trinajstić information content (AvgIpc) is 3.68. The normalized spacial score (nSPS) is 24.7. The van der Waals surface area contributed by atoms with Crippen molar-refractivity contribution in [3.8, 4) is 0 Å². The third-order valence-corrected chi connectivity index (χ3v) is 10.5. The van der Waals surface area contributed by atoms with Crippen molar-refractivity contribution in [3.05, 3.63) is 29.8 Å². The van der Waals surface area contributed by atoms with E-state index in [0.29, 0.717) is 27.9 Å². The molecule has 3 heterocycles. The number of thioether (sulfide) groups is 1. The second-order valence-corrected chi connectivity index (χ2v) is 15.1. The third kappa shape index (κ3) is 10.5. The summed E-state index contributed by atoms with van der Waals surface area (Å²) >= 11 is 1.17. The number of amides is 7. The van der Waals surface area contributed by atoms with Crippen LogP contribution in [-0.2, 0) is 40.0 Å². The van der Waals surface area contributed by atoms with Crippen molar-refractivity contribution >= 4 is 64.0 Å². The van der Waals surface area contributed by atoms with Gasteiger partial charge >= 0.3 is 0 Å². The van der Waals surface area contributed by atoms with Crippen molar-refractivity contribution in [1.29, 1.82) is 0 Å². The number of hydrogen-bond donors (Lipinski definition) is 10. The van der Waals surface area contributed by atoms with Crippen LogP contribution in [0.3, 0.4) is 0 Å². The number of aromatic nitrogens is 1. The fourth-order valence-corrected chi connectivity index (χ4v) is 7.41. The molecule has 0 bridgehead atoms. The number of primary amides is 1. The molecule has 0 spiro atoms. The Kier molecular flexibility index (Phi) is 14.1. The summed E-state index contributed by atoms with van der Waals surface area (Å²) in [5.41, 5.74) is 4.68. The first-order valence-corrected chi connectivity index (χ1v) is 18.8. The number of hydrogen-bond acceptors (Lipinski definition) is 11. The van der Waals surface area contributed by atoms with Crippen LogP contribution in [0.4, 0.5) is 0 Å². The Balaban J connectivity index is 1.78. The smallest absolute Gasteiger partial charge is 0.246 e. The Morgan fingerprint density at radius 2 is 1.81 bits per heavy atom. The minimum absolute atomic E-state index is 0.00873. The zero-order valence-corrected chi connectivity index (χ0v) is 31.5. The van der Waals surface area contributed by atoms with E-state index in [1.54, 1.807) is 24.3 Å². The summed E-state index contributed by atoms with van der Waals surface area (Å²) in [6, 6.07) is -0.444. The SMILES string of the molecule is CCCC(=O)N[C@@H]1CSc2[nH]c3ccccc3c2C[C@@H](C(=O)N[C@@H](C[C@@](C)(O)CO)C(=O)N[C@H](C)C(N)=O)NC(=O)[C@H](C)NC(=O)[C@@H]2C[C@@H](O)CN2C1=O. The Morgan fingerprint density at radius 3 is 2.48 bits per heavy atom. The van der Waals surface area contributed by atoms with Gasteiger partial charge in [-0.3, -0.25) is 33.6 Å². The molecule has 1 saturated heterocycles. The lowest BCUT2D eigenvalue weighted by atomic mass is 9.96. The van der Waals surface area contributed by atoms with Gasteiger partial charge in [0.15, 0.2) is 0 Å². The van der Waals surface area contributed by atoms with E-state index >= 15 is 0 Å². The highest BCUT2D eigenvalue weighted by Gasteiger charge is 2.43. The van der Waals surface area contributed by atoms with Gasteiger partial charge in [-0.1, -0.05) is 25.1 Å². The van der Waals surface area contributed by atoms with Crippen molar-refractivity contribution in [2.45, 2.75) is 113 Å². The zero-order valence-electron chi connectivity index (χ0n) is 30.6. The number of aromatic amines is 1. The Morgan fingerprint density at radius 1 is 1.11 bits per heavy atom. The molecule has 19 heteroatoms. The summed E-state index contributed by atoms with van der Waals surface area (Å²) in [7, 11) is 0. The number of nitrogens with two attached hydrogens (primary N) is 1. The highest BCUT2D eigenvalue weighted by Crippen LogP contribution is 2.32. The first-order valence-electron chi connectivity index (χ1n) is 17.8. The van der Waals surface area contributed by atoms with Gasteiger partial charge in [-0.2, -0.15) is 0 Å². The fraction of sp³-hybridized carbons (Fsp3) is 0.571. The first kappa shape index (κ1) is 42.0. The second-order valence-electron chi connectivity index (χ2n) is 14.1. The van der Waals surface area contributed by atoms with Crippen LogP contribution in [0.25, 0.3) is 10.9 Å². The van der Waals surface area contributed by atoms with Crippen molar-refractivity contribution in [2.75, 3.05) is 18.9 Å². The second kappa shape index (κ2) is 18.1. The van der Waals surface area contributed by atoms with Crippen LogP contribution in [0.1, 0.15) is 58.9 Å². The molecular weight excluding hydrogens is 724 g/mol. The molecule has 0 radical (unpaired) electrons. The number of nitrogens with zero attached hydrogens (tertiary/aromatic N) is 1. The molecule has 11 N–H and O–H groups in total. The van der Waals surface area contributed by atoms with E-state index in [0.717, 1.165) is 0 Å². The van der Waals surface area contributed by atoms with Gasteiger partial charge in [0.05, 0.1) is 23.3 Å². The minimum Gasteiger partial charge on any atom is -0.393 e. The molecule has 0 aliphatic carbocycles. The molecule has 0 saturated carbocycles. The molecule has 1 aromatic heterocycles. The van der Waals surface area contributed by atoms with Gasteiger partial charge < -0.3 is 57.5 Å². The largest absolute Gasteiger partial charge is 0.393 e. The Bertz CT molecular complexity index is 1750. The molecule has 296 valence electrons. The van der Waals surface area contributed by atoms with Crippen LogP contribution >= 0.6 is 11.8 Å². The van der Waals surface area contributed by atoms with Gasteiger partial charge in [0.2, 0.25) is 41.4 Å². The number of nitrogens with one attached hydrogen (secondary N) is 6. The first-order chi connectivity index (χ1) is 25.4. The third-order valence-electron chi connectivity index (χ3n) is 9.34. The zero-order chi connectivity index (χ0) is 39.9. The quantitative estimate of drug-likeness (QED) is 0.115. The topological polar surface area (TPSA) is 285 Å². The number of fused-ring (bicyclic) bond motifs is 4. The van der Waals surface area contributed by atoms with E-state index in [-0.39, 0.29) is 37.5 Å². The van der Waals surface area contributed by atoms with E-state index in [1.807, 2.05) is 6.92 Å². The molecule has 8 atom stereocenters. The summed E-state index contributed by atoms with van der Waals surface area (Å²) in [5, 5.41) is 45.0. The van der Waals surface area contributed by atoms with Gasteiger partial charge in [-0.15, -0.1) is 11.8 Å². The van der Waals surface area contributed by atoms with E-state index in [2.05, 4.69) is 31.6 Å². The molecule has 2 aromatic rings. The van der Waals surface area contributed by atoms with Crippen LogP contribution in [0.2, 0.25) is 0 Å². The van der Waals surface area contributed by atoms with Gasteiger partial charge in [-0.05, 0) is 38.8 Å². The number of rotatable bonds is 11. The van der Waals surface area contributed by atoms with E-state index in [1.165, 1.54) is 37.4 Å². The lowest BCUT2D eigenvalue weighted by Crippen LogP contribution is -2.60. The molecular formula is C35H50N8O10S. The Hall–Kier alpha value is -4.72. The highest BCUT2D eigenvalue weighted by molar-refractivity contribution is 7.99. The van der Waals surface area contributed by atoms with Gasteiger partial charge in [0, 0.05) is 48.9 Å². The number of aliphatic hydroxyl groups is 3. The van der Waals surface area contributed by atoms with Crippen LogP contribution in [0.15, 0.2) is 29.3 Å². The molecule has 7 amide bonds. The van der Waals surface area contributed by atoms with Crippen molar-refractivity contribution in [2.24, 2.45) is 5.73 Å². The van der Waals surface area contributed by atoms with Crippen molar-refractivity contribution in [1.82, 2.24) is 36.5 Å². The molecule has 2 aliphatic heterocycles. The summed E-state index contributed by atoms with van der Waals surface area (Å²) in [6.45, 7) is 4.82. The number of aliphatic hydroxyl groups excluding tert-OH is 2. The number of benzene rings is 1. The van der Waals surface area contributed by atoms with Gasteiger partial charge in [-0.25, -0.2) is 0 Å². The van der Waals surface area contributed by atoms with Crippen LogP contribution in [0.5, 0.6) is 0 Å². The average molecular weight is 775 g/mol. The molecule has 1 aromatic carbocycles. The van der Waals surface area contributed by atoms with Gasteiger partial charge in [0.1, 0.15) is 36.3 Å². The maximum absolute atomic E-state index is 14.2. The summed E-state index contributed by atoms with van der Waals surface area (Å²) < 4.78 is 0. The molecule has 54 heavy (non-hydrogen) atoms. The molecule has 2 aliphatic rings. The number of para-hydroxylation sites is 1. The van der Waals surface area contributed by atoms with Crippen molar-refractivity contribution < 1.29 is 48.9 Å². The maximum Gasteiger partial charge on any atom is 0.246 e. The molecule has 18 nitrogen and oxygen atoms in total. The minimum atomic E-state index is -1.85. The summed E-state index contributed by atoms with van der Waals surface area (Å²) in [5.74, 6) is -5.12. The summed E-state index contributed by atoms with van der Waals surface area (Å²) in [6.07, 6.45) is -1.14. The van der Waals surface area contributed by atoms with E-state index in [4.69, 9.17) is 5.73 Å². The van der Waals surface area contributed by atoms with Gasteiger partial charge in [0.25, 0.3) is 0 Å². The number of carbonyl (C=O) groups is 7. The van der Waals surface area contributed by atoms with Crippen LogP contribution in [-0.4, -0.2) is 133 Å². The van der Waals surface area contributed by atoms with Crippen LogP contribution in [0, 0.1) is 0 Å². The number of carbonyl (C=O) groups excluding carboxylic acids is 7. The Labute approximate surface area is 316 Å².